The first-order valence-electron chi connectivity index (χ1n) is 6.16. The van der Waals surface area contributed by atoms with Crippen molar-refractivity contribution < 1.29 is 4.79 Å². The molecule has 2 aliphatic rings. The maximum atomic E-state index is 11.7. The van der Waals surface area contributed by atoms with E-state index >= 15 is 0 Å². The van der Waals surface area contributed by atoms with Crippen LogP contribution in [0, 0.1) is 5.92 Å². The van der Waals surface area contributed by atoms with Gasteiger partial charge in [-0.2, -0.15) is 0 Å². The Hall–Kier alpha value is -0.570. The van der Waals surface area contributed by atoms with Gasteiger partial charge in [0.1, 0.15) is 0 Å². The van der Waals surface area contributed by atoms with Crippen LogP contribution in [0.4, 0.5) is 0 Å². The number of nitrogens with one attached hydrogen (secondary N) is 1. The zero-order valence-corrected chi connectivity index (χ0v) is 9.83. The van der Waals surface area contributed by atoms with E-state index in [1.165, 1.54) is 32.1 Å². The lowest BCUT2D eigenvalue weighted by atomic mass is 10.1. The molecule has 86 valence electrons. The van der Waals surface area contributed by atoms with E-state index in [-0.39, 0.29) is 5.91 Å². The standard InChI is InChI=1S/C12H22N2O/c1-9(7-10-3-4-10)13-8-12(15)14(2)11-5-6-11/h9-11,13H,3-8H2,1-2H3. The topological polar surface area (TPSA) is 32.3 Å². The Kier molecular flexibility index (Phi) is 3.29. The largest absolute Gasteiger partial charge is 0.342 e. The molecule has 1 atom stereocenters. The van der Waals surface area contributed by atoms with E-state index in [0.29, 0.717) is 18.6 Å². The van der Waals surface area contributed by atoms with Crippen molar-refractivity contribution in [3.63, 3.8) is 0 Å². The molecular formula is C12H22N2O. The summed E-state index contributed by atoms with van der Waals surface area (Å²) in [4.78, 5) is 13.6. The maximum absolute atomic E-state index is 11.7. The number of hydrogen-bond donors (Lipinski definition) is 1. The van der Waals surface area contributed by atoms with Crippen LogP contribution in [0.2, 0.25) is 0 Å². The molecular weight excluding hydrogens is 188 g/mol. The van der Waals surface area contributed by atoms with Gasteiger partial charge in [-0.1, -0.05) is 12.8 Å². The monoisotopic (exact) mass is 210 g/mol. The summed E-state index contributed by atoms with van der Waals surface area (Å²) in [6.45, 7) is 2.70. The third kappa shape index (κ3) is 3.49. The Balaban J connectivity index is 1.60. The first kappa shape index (κ1) is 10.9. The molecule has 1 unspecified atom stereocenters. The molecule has 0 radical (unpaired) electrons. The summed E-state index contributed by atoms with van der Waals surface area (Å²) in [5.41, 5.74) is 0. The van der Waals surface area contributed by atoms with Crippen molar-refractivity contribution in [2.45, 2.75) is 51.1 Å². The fraction of sp³-hybridized carbons (Fsp3) is 0.917. The van der Waals surface area contributed by atoms with Crippen molar-refractivity contribution in [2.75, 3.05) is 13.6 Å². The van der Waals surface area contributed by atoms with E-state index < -0.39 is 0 Å². The number of rotatable bonds is 6. The second-order valence-electron chi connectivity index (χ2n) is 5.20. The number of amides is 1. The van der Waals surface area contributed by atoms with Gasteiger partial charge in [-0.15, -0.1) is 0 Å². The molecule has 3 heteroatoms. The van der Waals surface area contributed by atoms with Crippen LogP contribution in [0.5, 0.6) is 0 Å². The number of nitrogens with zero attached hydrogens (tertiary/aromatic N) is 1. The zero-order chi connectivity index (χ0) is 10.8. The van der Waals surface area contributed by atoms with Crippen molar-refractivity contribution in [2.24, 2.45) is 5.92 Å². The number of hydrogen-bond acceptors (Lipinski definition) is 2. The first-order chi connectivity index (χ1) is 7.16. The molecule has 15 heavy (non-hydrogen) atoms. The Morgan fingerprint density at radius 1 is 1.40 bits per heavy atom. The molecule has 0 heterocycles. The molecule has 2 aliphatic carbocycles. The smallest absolute Gasteiger partial charge is 0.236 e. The number of likely N-dealkylation sites (N-methyl/N-ethyl adjacent to an activating group) is 1. The molecule has 0 spiro atoms. The van der Waals surface area contributed by atoms with E-state index in [1.807, 2.05) is 11.9 Å². The molecule has 0 aromatic carbocycles. The van der Waals surface area contributed by atoms with Crippen LogP contribution in [0.15, 0.2) is 0 Å². The Morgan fingerprint density at radius 3 is 2.60 bits per heavy atom. The second kappa shape index (κ2) is 4.52. The van der Waals surface area contributed by atoms with Crippen molar-refractivity contribution in [3.05, 3.63) is 0 Å². The predicted molar refractivity (Wildman–Crippen MR) is 60.6 cm³/mol. The summed E-state index contributed by atoms with van der Waals surface area (Å²) in [5, 5.41) is 3.33. The molecule has 1 N–H and O–H groups in total. The van der Waals surface area contributed by atoms with E-state index in [0.717, 1.165) is 5.92 Å². The molecule has 2 fully saturated rings. The fourth-order valence-electron chi connectivity index (χ4n) is 1.99. The average molecular weight is 210 g/mol. The molecule has 0 aromatic heterocycles. The Morgan fingerprint density at radius 2 is 2.07 bits per heavy atom. The molecule has 0 saturated heterocycles. The minimum Gasteiger partial charge on any atom is -0.342 e. The van der Waals surface area contributed by atoms with E-state index in [2.05, 4.69) is 12.2 Å². The number of carbonyl (C=O) groups excluding carboxylic acids is 1. The van der Waals surface area contributed by atoms with Crippen LogP contribution >= 0.6 is 0 Å². The van der Waals surface area contributed by atoms with Gasteiger partial charge in [0, 0.05) is 19.1 Å². The Bertz CT molecular complexity index is 234. The third-order valence-corrected chi connectivity index (χ3v) is 3.47. The van der Waals surface area contributed by atoms with Gasteiger partial charge in [0.25, 0.3) is 0 Å². The summed E-state index contributed by atoms with van der Waals surface area (Å²) >= 11 is 0. The first-order valence-corrected chi connectivity index (χ1v) is 6.16. The van der Waals surface area contributed by atoms with Crippen LogP contribution < -0.4 is 5.32 Å². The van der Waals surface area contributed by atoms with E-state index in [9.17, 15) is 4.79 Å². The highest BCUT2D eigenvalue weighted by atomic mass is 16.2. The summed E-state index contributed by atoms with van der Waals surface area (Å²) in [6.07, 6.45) is 6.41. The van der Waals surface area contributed by atoms with Crippen molar-refractivity contribution in [3.8, 4) is 0 Å². The summed E-state index contributed by atoms with van der Waals surface area (Å²) in [5.74, 6) is 1.18. The van der Waals surface area contributed by atoms with Gasteiger partial charge in [-0.25, -0.2) is 0 Å². The highest BCUT2D eigenvalue weighted by Gasteiger charge is 2.29. The molecule has 1 amide bonds. The van der Waals surface area contributed by atoms with Crippen molar-refractivity contribution in [1.82, 2.24) is 10.2 Å². The van der Waals surface area contributed by atoms with E-state index in [1.54, 1.807) is 0 Å². The molecule has 3 nitrogen and oxygen atoms in total. The van der Waals surface area contributed by atoms with Gasteiger partial charge in [-0.3, -0.25) is 4.79 Å². The summed E-state index contributed by atoms with van der Waals surface area (Å²) < 4.78 is 0. The normalized spacial score (nSPS) is 22.5. The summed E-state index contributed by atoms with van der Waals surface area (Å²) in [7, 11) is 1.92. The van der Waals surface area contributed by atoms with Crippen LogP contribution in [0.3, 0.4) is 0 Å². The summed E-state index contributed by atoms with van der Waals surface area (Å²) in [6, 6.07) is 1.03. The quantitative estimate of drug-likeness (QED) is 0.718. The van der Waals surface area contributed by atoms with Crippen molar-refractivity contribution in [1.29, 1.82) is 0 Å². The molecule has 2 rings (SSSR count). The van der Waals surface area contributed by atoms with Gasteiger partial charge in [0.2, 0.25) is 5.91 Å². The molecule has 2 saturated carbocycles. The van der Waals surface area contributed by atoms with Crippen LogP contribution in [0.25, 0.3) is 0 Å². The fourth-order valence-corrected chi connectivity index (χ4v) is 1.99. The SMILES string of the molecule is CC(CC1CC1)NCC(=O)N(C)C1CC1. The zero-order valence-electron chi connectivity index (χ0n) is 9.83. The Labute approximate surface area is 92.2 Å². The van der Waals surface area contributed by atoms with Gasteiger partial charge < -0.3 is 10.2 Å². The minimum atomic E-state index is 0.250. The van der Waals surface area contributed by atoms with Gasteiger partial charge in [-0.05, 0) is 32.1 Å². The van der Waals surface area contributed by atoms with Gasteiger partial charge in [0.15, 0.2) is 0 Å². The van der Waals surface area contributed by atoms with E-state index in [4.69, 9.17) is 0 Å². The lowest BCUT2D eigenvalue weighted by Crippen LogP contribution is -2.40. The average Bonchev–Trinajstić information content (AvgIpc) is 3.03. The molecule has 0 bridgehead atoms. The van der Waals surface area contributed by atoms with Crippen LogP contribution in [-0.4, -0.2) is 36.5 Å². The molecule has 0 aromatic rings. The van der Waals surface area contributed by atoms with Gasteiger partial charge in [0.05, 0.1) is 6.54 Å². The van der Waals surface area contributed by atoms with Gasteiger partial charge >= 0.3 is 0 Å². The second-order valence-corrected chi connectivity index (χ2v) is 5.20. The van der Waals surface area contributed by atoms with Crippen LogP contribution in [-0.2, 0) is 4.79 Å². The minimum absolute atomic E-state index is 0.250. The van der Waals surface area contributed by atoms with Crippen LogP contribution in [0.1, 0.15) is 39.0 Å². The highest BCUT2D eigenvalue weighted by Crippen LogP contribution is 2.33. The van der Waals surface area contributed by atoms with Crippen molar-refractivity contribution >= 4 is 5.91 Å². The predicted octanol–water partition coefficient (Wildman–Crippen LogP) is 1.39. The lowest BCUT2D eigenvalue weighted by molar-refractivity contribution is -0.129. The molecule has 0 aliphatic heterocycles. The third-order valence-electron chi connectivity index (χ3n) is 3.47. The highest BCUT2D eigenvalue weighted by molar-refractivity contribution is 5.78. The maximum Gasteiger partial charge on any atom is 0.236 e. The number of carbonyl (C=O) groups is 1. The lowest BCUT2D eigenvalue weighted by Gasteiger charge is -2.19.